The van der Waals surface area contributed by atoms with Crippen LogP contribution in [0, 0.1) is 19.3 Å². The van der Waals surface area contributed by atoms with E-state index in [1.165, 1.54) is 11.1 Å². The third-order valence-corrected chi connectivity index (χ3v) is 4.78. The van der Waals surface area contributed by atoms with Crippen LogP contribution >= 0.6 is 0 Å². The van der Waals surface area contributed by atoms with E-state index < -0.39 is 17.5 Å². The van der Waals surface area contributed by atoms with Crippen LogP contribution in [0.15, 0.2) is 12.3 Å². The fraction of sp³-hybridized carbons (Fsp3) is 0.588. The number of carbonyl (C=O) groups excluding carboxylic acids is 1. The second-order valence-electron chi connectivity index (χ2n) is 6.37. The number of aliphatic carboxylic acids is 1. The minimum atomic E-state index is -1.28. The Morgan fingerprint density at radius 3 is 2.70 bits per heavy atom. The lowest BCUT2D eigenvalue weighted by atomic mass is 9.74. The number of aliphatic hydroxyl groups is 1. The van der Waals surface area contributed by atoms with E-state index in [1.807, 2.05) is 20.8 Å². The van der Waals surface area contributed by atoms with Gasteiger partial charge in [-0.2, -0.15) is 0 Å². The summed E-state index contributed by atoms with van der Waals surface area (Å²) in [6, 6.07) is 1.78. The molecule has 0 spiro atoms. The molecule has 6 nitrogen and oxygen atoms in total. The van der Waals surface area contributed by atoms with Crippen molar-refractivity contribution in [3.8, 4) is 0 Å². The van der Waals surface area contributed by atoms with Gasteiger partial charge >= 0.3 is 5.97 Å². The van der Waals surface area contributed by atoms with Gasteiger partial charge in [0.2, 0.25) is 0 Å². The van der Waals surface area contributed by atoms with E-state index in [-0.39, 0.29) is 18.9 Å². The molecule has 0 aromatic carbocycles. The summed E-state index contributed by atoms with van der Waals surface area (Å²) in [4.78, 5) is 30.2. The summed E-state index contributed by atoms with van der Waals surface area (Å²) in [5.41, 5.74) is 0.961. The van der Waals surface area contributed by atoms with Crippen LogP contribution in [0.1, 0.15) is 47.8 Å². The average molecular weight is 320 g/mol. The summed E-state index contributed by atoms with van der Waals surface area (Å²) in [7, 11) is 0. The number of nitrogens with zero attached hydrogens (tertiary/aromatic N) is 2. The van der Waals surface area contributed by atoms with Gasteiger partial charge in [0.25, 0.3) is 5.91 Å². The van der Waals surface area contributed by atoms with Gasteiger partial charge in [0.05, 0.1) is 11.7 Å². The van der Waals surface area contributed by atoms with E-state index in [0.29, 0.717) is 24.9 Å². The molecule has 1 aromatic rings. The summed E-state index contributed by atoms with van der Waals surface area (Å²) >= 11 is 0. The predicted molar refractivity (Wildman–Crippen MR) is 85.2 cm³/mol. The number of rotatable bonds is 4. The van der Waals surface area contributed by atoms with E-state index >= 15 is 0 Å². The number of hydrogen-bond donors (Lipinski definition) is 2. The molecule has 0 bridgehead atoms. The SMILES string of the molecule is CCC[C@@]1(C(=O)O)CN(C(=O)c2cnc(C)c(C)c2)CC[C@@H]1O. The van der Waals surface area contributed by atoms with Crippen LogP contribution in [0.3, 0.4) is 0 Å². The van der Waals surface area contributed by atoms with Gasteiger partial charge in [-0.05, 0) is 38.3 Å². The first kappa shape index (κ1) is 17.4. The molecule has 1 fully saturated rings. The Morgan fingerprint density at radius 1 is 1.43 bits per heavy atom. The first-order valence-electron chi connectivity index (χ1n) is 7.96. The number of piperidine rings is 1. The molecule has 0 aliphatic carbocycles. The molecule has 126 valence electrons. The van der Waals surface area contributed by atoms with Crippen molar-refractivity contribution >= 4 is 11.9 Å². The number of aromatic nitrogens is 1. The Kier molecular flexibility index (Phi) is 5.04. The summed E-state index contributed by atoms with van der Waals surface area (Å²) in [5, 5.41) is 19.9. The molecule has 0 saturated carbocycles. The molecule has 2 atom stereocenters. The first-order chi connectivity index (χ1) is 10.8. The largest absolute Gasteiger partial charge is 0.481 e. The smallest absolute Gasteiger partial charge is 0.314 e. The van der Waals surface area contributed by atoms with Gasteiger partial charge in [-0.15, -0.1) is 0 Å². The van der Waals surface area contributed by atoms with Crippen molar-refractivity contribution in [2.45, 2.75) is 46.1 Å². The number of aryl methyl sites for hydroxylation is 2. The molecule has 1 aliphatic heterocycles. The number of carbonyl (C=O) groups is 2. The van der Waals surface area contributed by atoms with E-state index in [1.54, 1.807) is 6.07 Å². The Morgan fingerprint density at radius 2 is 2.13 bits per heavy atom. The van der Waals surface area contributed by atoms with Crippen molar-refractivity contribution < 1.29 is 19.8 Å². The molecule has 1 amide bonds. The fourth-order valence-corrected chi connectivity index (χ4v) is 3.20. The topological polar surface area (TPSA) is 90.7 Å². The zero-order chi connectivity index (χ0) is 17.2. The highest BCUT2D eigenvalue weighted by molar-refractivity contribution is 5.94. The molecule has 1 aromatic heterocycles. The third kappa shape index (κ3) is 3.22. The minimum absolute atomic E-state index is 0.0309. The highest BCUT2D eigenvalue weighted by Gasteiger charge is 2.49. The number of carboxylic acids is 1. The third-order valence-electron chi connectivity index (χ3n) is 4.78. The van der Waals surface area contributed by atoms with E-state index in [0.717, 1.165) is 11.3 Å². The van der Waals surface area contributed by atoms with Gasteiger partial charge in [-0.1, -0.05) is 13.3 Å². The van der Waals surface area contributed by atoms with Crippen LogP contribution in [-0.2, 0) is 4.79 Å². The summed E-state index contributed by atoms with van der Waals surface area (Å²) in [6.45, 7) is 6.02. The average Bonchev–Trinajstić information content (AvgIpc) is 2.51. The predicted octanol–water partition coefficient (Wildman–Crippen LogP) is 1.78. The fourth-order valence-electron chi connectivity index (χ4n) is 3.20. The normalized spacial score (nSPS) is 24.5. The molecule has 0 radical (unpaired) electrons. The molecule has 2 N–H and O–H groups in total. The van der Waals surface area contributed by atoms with Crippen LogP contribution in [0.2, 0.25) is 0 Å². The van der Waals surface area contributed by atoms with Crippen LogP contribution in [-0.4, -0.2) is 51.2 Å². The lowest BCUT2D eigenvalue weighted by Gasteiger charge is -2.43. The van der Waals surface area contributed by atoms with E-state index in [4.69, 9.17) is 0 Å². The monoisotopic (exact) mass is 320 g/mol. The summed E-state index contributed by atoms with van der Waals surface area (Å²) in [5.74, 6) is -1.27. The van der Waals surface area contributed by atoms with Crippen molar-refractivity contribution in [3.05, 3.63) is 29.1 Å². The van der Waals surface area contributed by atoms with E-state index in [2.05, 4.69) is 4.98 Å². The molecular weight excluding hydrogens is 296 g/mol. The first-order valence-corrected chi connectivity index (χ1v) is 7.96. The van der Waals surface area contributed by atoms with E-state index in [9.17, 15) is 19.8 Å². The lowest BCUT2D eigenvalue weighted by Crippen LogP contribution is -2.57. The molecule has 1 saturated heterocycles. The van der Waals surface area contributed by atoms with Crippen LogP contribution in [0.25, 0.3) is 0 Å². The number of amides is 1. The van der Waals surface area contributed by atoms with Crippen molar-refractivity contribution in [2.75, 3.05) is 13.1 Å². The van der Waals surface area contributed by atoms with Gasteiger partial charge in [0.15, 0.2) is 0 Å². The number of likely N-dealkylation sites (tertiary alicyclic amines) is 1. The van der Waals surface area contributed by atoms with Crippen molar-refractivity contribution in [3.63, 3.8) is 0 Å². The zero-order valence-corrected chi connectivity index (χ0v) is 13.9. The molecular formula is C17H24N2O4. The van der Waals surface area contributed by atoms with Crippen LogP contribution < -0.4 is 0 Å². The summed E-state index contributed by atoms with van der Waals surface area (Å²) in [6.07, 6.45) is 1.85. The van der Waals surface area contributed by atoms with Gasteiger partial charge in [0.1, 0.15) is 5.41 Å². The molecule has 2 rings (SSSR count). The van der Waals surface area contributed by atoms with Crippen LogP contribution in [0.4, 0.5) is 0 Å². The maximum absolute atomic E-state index is 12.7. The number of pyridine rings is 1. The number of hydrogen-bond acceptors (Lipinski definition) is 4. The quantitative estimate of drug-likeness (QED) is 0.882. The zero-order valence-electron chi connectivity index (χ0n) is 13.9. The Balaban J connectivity index is 2.27. The molecule has 2 heterocycles. The Labute approximate surface area is 136 Å². The molecule has 1 aliphatic rings. The molecule has 23 heavy (non-hydrogen) atoms. The molecule has 0 unspecified atom stereocenters. The highest BCUT2D eigenvalue weighted by Crippen LogP contribution is 2.36. The van der Waals surface area contributed by atoms with Crippen molar-refractivity contribution in [2.24, 2.45) is 5.41 Å². The number of aliphatic hydroxyl groups excluding tert-OH is 1. The van der Waals surface area contributed by atoms with Gasteiger partial charge < -0.3 is 15.1 Å². The van der Waals surface area contributed by atoms with Gasteiger partial charge in [-0.25, -0.2) is 0 Å². The van der Waals surface area contributed by atoms with Crippen molar-refractivity contribution in [1.82, 2.24) is 9.88 Å². The maximum atomic E-state index is 12.7. The van der Waals surface area contributed by atoms with Gasteiger partial charge in [0, 0.05) is 25.0 Å². The summed E-state index contributed by atoms with van der Waals surface area (Å²) < 4.78 is 0. The second kappa shape index (κ2) is 6.66. The Bertz CT molecular complexity index is 617. The Hall–Kier alpha value is -1.95. The second-order valence-corrected chi connectivity index (χ2v) is 6.37. The standard InChI is InChI=1S/C17H24N2O4/c1-4-6-17(16(22)23)10-19(7-5-14(17)20)15(21)13-8-11(2)12(3)18-9-13/h8-9,14,20H,4-7,10H2,1-3H3,(H,22,23)/t14-,17+/m0/s1. The molecule has 6 heteroatoms. The minimum Gasteiger partial charge on any atom is -0.481 e. The maximum Gasteiger partial charge on any atom is 0.314 e. The van der Waals surface area contributed by atoms with Gasteiger partial charge in [-0.3, -0.25) is 14.6 Å². The highest BCUT2D eigenvalue weighted by atomic mass is 16.4. The number of carboxylic acid groups (broad SMARTS) is 1. The lowest BCUT2D eigenvalue weighted by molar-refractivity contribution is -0.162. The van der Waals surface area contributed by atoms with Crippen LogP contribution in [0.5, 0.6) is 0 Å². The van der Waals surface area contributed by atoms with Crippen molar-refractivity contribution in [1.29, 1.82) is 0 Å².